The molecular weight excluding hydrogens is 512 g/mol. The van der Waals surface area contributed by atoms with E-state index in [0.29, 0.717) is 47.3 Å². The lowest BCUT2D eigenvalue weighted by atomic mass is 9.93. The van der Waals surface area contributed by atoms with Crippen molar-refractivity contribution in [2.75, 3.05) is 27.2 Å². The number of benzene rings is 3. The summed E-state index contributed by atoms with van der Waals surface area (Å²) in [6.07, 6.45) is 2.08. The van der Waals surface area contributed by atoms with Crippen LogP contribution in [0.3, 0.4) is 0 Å². The number of fused-ring (bicyclic) bond motifs is 1. The Labute approximate surface area is 222 Å². The number of halogens is 1. The van der Waals surface area contributed by atoms with Gasteiger partial charge in [-0.25, -0.2) is 4.79 Å². The Hall–Kier alpha value is -3.24. The van der Waals surface area contributed by atoms with Crippen molar-refractivity contribution in [3.8, 4) is 0 Å². The van der Waals surface area contributed by atoms with Gasteiger partial charge in [0.1, 0.15) is 6.04 Å². The number of carbonyl (C=O) groups excluding carboxylic acids is 2. The third-order valence-corrected chi connectivity index (χ3v) is 8.90. The van der Waals surface area contributed by atoms with Crippen LogP contribution < -0.4 is 14.9 Å². The SMILES string of the molecule is O=C(Nc1ccc(N2CCCCS2(O)O)cc1)[C@H]1Cc2ccccc2CN1C(=O)Nc1ccc(Cl)cc1. The Morgan fingerprint density at radius 3 is 2.22 bits per heavy atom. The summed E-state index contributed by atoms with van der Waals surface area (Å²) in [5, 5.41) is 6.37. The number of amides is 3. The maximum Gasteiger partial charge on any atom is 0.322 e. The van der Waals surface area contributed by atoms with Crippen molar-refractivity contribution in [2.45, 2.75) is 31.8 Å². The number of hydrogen-bond acceptors (Lipinski definition) is 5. The highest BCUT2D eigenvalue weighted by molar-refractivity contribution is 8.25. The van der Waals surface area contributed by atoms with Gasteiger partial charge in [0.25, 0.3) is 0 Å². The van der Waals surface area contributed by atoms with E-state index in [1.54, 1.807) is 57.7 Å². The first-order chi connectivity index (χ1) is 17.8. The van der Waals surface area contributed by atoms with E-state index < -0.39 is 16.8 Å². The van der Waals surface area contributed by atoms with Crippen LogP contribution in [-0.4, -0.2) is 44.3 Å². The molecule has 0 spiro atoms. The van der Waals surface area contributed by atoms with E-state index >= 15 is 0 Å². The Morgan fingerprint density at radius 1 is 0.865 bits per heavy atom. The molecule has 10 heteroatoms. The van der Waals surface area contributed by atoms with Gasteiger partial charge >= 0.3 is 6.03 Å². The van der Waals surface area contributed by atoms with Crippen LogP contribution in [0.1, 0.15) is 24.0 Å². The first-order valence-corrected chi connectivity index (χ1v) is 14.2. The molecule has 1 saturated heterocycles. The zero-order valence-electron chi connectivity index (χ0n) is 20.1. The molecule has 4 N–H and O–H groups in total. The molecular formula is C27H29ClN4O4S. The number of carbonyl (C=O) groups is 2. The van der Waals surface area contributed by atoms with Crippen molar-refractivity contribution in [1.82, 2.24) is 4.90 Å². The second-order valence-electron chi connectivity index (χ2n) is 9.24. The molecule has 1 fully saturated rings. The number of urea groups is 1. The van der Waals surface area contributed by atoms with Crippen LogP contribution >= 0.6 is 22.4 Å². The third-order valence-electron chi connectivity index (χ3n) is 6.71. The summed E-state index contributed by atoms with van der Waals surface area (Å²) in [4.78, 5) is 28.2. The van der Waals surface area contributed by atoms with Gasteiger partial charge in [0.2, 0.25) is 5.91 Å². The zero-order chi connectivity index (χ0) is 26.0. The first-order valence-electron chi connectivity index (χ1n) is 12.1. The smallest absolute Gasteiger partial charge is 0.322 e. The molecule has 2 aliphatic rings. The summed E-state index contributed by atoms with van der Waals surface area (Å²) >= 11 is 5.96. The number of nitrogens with one attached hydrogen (secondary N) is 2. The molecule has 0 radical (unpaired) electrons. The summed E-state index contributed by atoms with van der Waals surface area (Å²) in [7, 11) is -2.82. The van der Waals surface area contributed by atoms with E-state index in [1.807, 2.05) is 24.3 Å². The van der Waals surface area contributed by atoms with E-state index in [0.717, 1.165) is 24.0 Å². The summed E-state index contributed by atoms with van der Waals surface area (Å²) in [6, 6.07) is 20.6. The van der Waals surface area contributed by atoms with Crippen LogP contribution in [0.25, 0.3) is 0 Å². The van der Waals surface area contributed by atoms with Crippen molar-refractivity contribution < 1.29 is 18.7 Å². The van der Waals surface area contributed by atoms with E-state index in [1.165, 1.54) is 0 Å². The predicted molar refractivity (Wildman–Crippen MR) is 149 cm³/mol. The van der Waals surface area contributed by atoms with Crippen LogP contribution in [0.4, 0.5) is 21.9 Å². The Balaban J connectivity index is 1.33. The fourth-order valence-corrected chi connectivity index (χ4v) is 6.56. The van der Waals surface area contributed by atoms with Gasteiger partial charge in [0.05, 0.1) is 11.4 Å². The molecule has 0 aliphatic carbocycles. The Bertz CT molecular complexity index is 1290. The van der Waals surface area contributed by atoms with Crippen LogP contribution in [0, 0.1) is 0 Å². The van der Waals surface area contributed by atoms with Gasteiger partial charge in [-0.15, -0.1) is 10.8 Å². The number of hydrogen-bond donors (Lipinski definition) is 4. The van der Waals surface area contributed by atoms with Gasteiger partial charge in [0.15, 0.2) is 0 Å². The second kappa shape index (κ2) is 10.6. The zero-order valence-corrected chi connectivity index (χ0v) is 21.7. The largest absolute Gasteiger partial charge is 0.324 e. The number of rotatable bonds is 4. The van der Waals surface area contributed by atoms with Gasteiger partial charge in [-0.2, -0.15) is 0 Å². The maximum absolute atomic E-state index is 13.4. The first kappa shape index (κ1) is 25.4. The monoisotopic (exact) mass is 540 g/mol. The molecule has 0 bridgehead atoms. The molecule has 3 aromatic rings. The molecule has 0 saturated carbocycles. The van der Waals surface area contributed by atoms with Crippen molar-refractivity contribution in [2.24, 2.45) is 0 Å². The normalized spacial score (nSPS) is 19.5. The third kappa shape index (κ3) is 5.70. The molecule has 5 rings (SSSR count). The Morgan fingerprint density at radius 2 is 1.51 bits per heavy atom. The highest BCUT2D eigenvalue weighted by Gasteiger charge is 2.35. The van der Waals surface area contributed by atoms with Crippen LogP contribution in [-0.2, 0) is 17.8 Å². The molecule has 3 amide bonds. The molecule has 194 valence electrons. The molecule has 37 heavy (non-hydrogen) atoms. The molecule has 8 nitrogen and oxygen atoms in total. The molecule has 2 aliphatic heterocycles. The van der Waals surface area contributed by atoms with Crippen LogP contribution in [0.5, 0.6) is 0 Å². The van der Waals surface area contributed by atoms with Crippen LogP contribution in [0.2, 0.25) is 5.02 Å². The number of anilines is 3. The summed E-state index contributed by atoms with van der Waals surface area (Å²) in [5.41, 5.74) is 3.89. The van der Waals surface area contributed by atoms with E-state index in [9.17, 15) is 18.7 Å². The van der Waals surface area contributed by atoms with Gasteiger partial charge in [-0.1, -0.05) is 35.9 Å². The summed E-state index contributed by atoms with van der Waals surface area (Å²) < 4.78 is 22.4. The van der Waals surface area contributed by atoms with Crippen LogP contribution in [0.15, 0.2) is 72.8 Å². The van der Waals surface area contributed by atoms with Gasteiger partial charge in [0, 0.05) is 35.9 Å². The quantitative estimate of drug-likeness (QED) is 0.315. The highest BCUT2D eigenvalue weighted by atomic mass is 35.5. The van der Waals surface area contributed by atoms with Gasteiger partial charge < -0.3 is 15.5 Å². The average molecular weight is 541 g/mol. The van der Waals surface area contributed by atoms with E-state index in [4.69, 9.17) is 11.6 Å². The fourth-order valence-electron chi connectivity index (χ4n) is 4.74. The van der Waals surface area contributed by atoms with Crippen molar-refractivity contribution in [1.29, 1.82) is 0 Å². The minimum absolute atomic E-state index is 0.296. The molecule has 3 aromatic carbocycles. The van der Waals surface area contributed by atoms with E-state index in [-0.39, 0.29) is 11.9 Å². The number of nitrogens with zero attached hydrogens (tertiary/aromatic N) is 2. The van der Waals surface area contributed by atoms with Crippen molar-refractivity contribution >= 4 is 51.4 Å². The summed E-state index contributed by atoms with van der Waals surface area (Å²) in [5.74, 6) is 0.0681. The molecule has 0 unspecified atom stereocenters. The standard InChI is InChI=1S/C27H29ClN4O4S/c28-21-7-9-23(10-8-21)30-27(34)31-18-20-6-2-1-5-19(20)17-25(31)26(33)29-22-11-13-24(14-12-22)32-15-3-4-16-37(32,35)36/h1-2,5-14,25,35-36H,3-4,15-18H2,(H,29,33)(H,30,34)/t25-/m1/s1. The van der Waals surface area contributed by atoms with Crippen molar-refractivity contribution in [3.63, 3.8) is 0 Å². The van der Waals surface area contributed by atoms with Gasteiger partial charge in [-0.3, -0.25) is 18.2 Å². The maximum atomic E-state index is 13.4. The summed E-state index contributed by atoms with van der Waals surface area (Å²) in [6.45, 7) is 0.882. The molecule has 1 atom stereocenters. The lowest BCUT2D eigenvalue weighted by Crippen LogP contribution is -2.52. The lowest BCUT2D eigenvalue weighted by molar-refractivity contribution is -0.120. The minimum Gasteiger partial charge on any atom is -0.324 e. The van der Waals surface area contributed by atoms with Gasteiger partial charge in [-0.05, 0) is 72.5 Å². The Kier molecular flexibility index (Phi) is 7.30. The predicted octanol–water partition coefficient (Wildman–Crippen LogP) is 6.20. The fraction of sp³-hybridized carbons (Fsp3) is 0.259. The highest BCUT2D eigenvalue weighted by Crippen LogP contribution is 2.49. The topological polar surface area (TPSA) is 105 Å². The van der Waals surface area contributed by atoms with Crippen molar-refractivity contribution in [3.05, 3.63) is 88.9 Å². The lowest BCUT2D eigenvalue weighted by Gasteiger charge is -2.47. The average Bonchev–Trinajstić information content (AvgIpc) is 2.89. The second-order valence-corrected chi connectivity index (χ2v) is 11.8. The minimum atomic E-state index is -2.82. The van der Waals surface area contributed by atoms with E-state index in [2.05, 4.69) is 10.6 Å². The molecule has 0 aromatic heterocycles. The molecule has 2 heterocycles.